The summed E-state index contributed by atoms with van der Waals surface area (Å²) in [7, 11) is 0. The van der Waals surface area contributed by atoms with Crippen molar-refractivity contribution in [3.63, 3.8) is 0 Å². The first-order chi connectivity index (χ1) is 8.55. The highest BCUT2D eigenvalue weighted by Crippen LogP contribution is 2.41. The number of carboxylic acids is 1. The van der Waals surface area contributed by atoms with E-state index < -0.39 is 45.7 Å². The van der Waals surface area contributed by atoms with Crippen LogP contribution in [0.4, 0.5) is 23.2 Å². The zero-order chi connectivity index (χ0) is 15.0. The first kappa shape index (κ1) is 15.2. The van der Waals surface area contributed by atoms with Crippen LogP contribution < -0.4 is 5.32 Å². The van der Waals surface area contributed by atoms with Gasteiger partial charge in [-0.1, -0.05) is 11.6 Å². The van der Waals surface area contributed by atoms with E-state index in [1.165, 1.54) is 0 Å². The summed E-state index contributed by atoms with van der Waals surface area (Å²) in [4.78, 5) is 21.7. The topological polar surface area (TPSA) is 66.4 Å². The van der Waals surface area contributed by atoms with E-state index in [2.05, 4.69) is 0 Å². The molecular formula is C10H6ClF4NO3. The van der Waals surface area contributed by atoms with E-state index in [0.29, 0.717) is 6.07 Å². The lowest BCUT2D eigenvalue weighted by Gasteiger charge is -2.17. The van der Waals surface area contributed by atoms with Gasteiger partial charge < -0.3 is 10.4 Å². The van der Waals surface area contributed by atoms with Gasteiger partial charge in [0.05, 0.1) is 16.3 Å². The van der Waals surface area contributed by atoms with Crippen LogP contribution in [0.2, 0.25) is 5.02 Å². The zero-order valence-electron chi connectivity index (χ0n) is 9.23. The summed E-state index contributed by atoms with van der Waals surface area (Å²) in [5.41, 5.74) is -4.05. The predicted octanol–water partition coefficient (Wildman–Crippen LogP) is 3.15. The molecule has 0 atom stereocenters. The second kappa shape index (κ2) is 5.04. The van der Waals surface area contributed by atoms with Crippen molar-refractivity contribution in [2.45, 2.75) is 13.1 Å². The number of aromatic carboxylic acids is 1. The fourth-order valence-corrected chi connectivity index (χ4v) is 1.57. The van der Waals surface area contributed by atoms with Crippen molar-refractivity contribution in [2.75, 3.05) is 5.32 Å². The van der Waals surface area contributed by atoms with Gasteiger partial charge in [0.15, 0.2) is 5.82 Å². The molecule has 0 aliphatic rings. The van der Waals surface area contributed by atoms with Gasteiger partial charge in [0.1, 0.15) is 5.56 Å². The molecule has 0 radical (unpaired) electrons. The van der Waals surface area contributed by atoms with Crippen molar-refractivity contribution in [1.29, 1.82) is 0 Å². The number of halogens is 5. The molecule has 0 aliphatic heterocycles. The summed E-state index contributed by atoms with van der Waals surface area (Å²) in [6.45, 7) is 0.859. The smallest absolute Gasteiger partial charge is 0.421 e. The van der Waals surface area contributed by atoms with Gasteiger partial charge in [0.25, 0.3) is 0 Å². The van der Waals surface area contributed by atoms with E-state index >= 15 is 0 Å². The van der Waals surface area contributed by atoms with E-state index in [9.17, 15) is 27.2 Å². The number of hydrogen-bond acceptors (Lipinski definition) is 2. The number of carbonyl (C=O) groups excluding carboxylic acids is 1. The third-order valence-corrected chi connectivity index (χ3v) is 2.31. The van der Waals surface area contributed by atoms with Crippen molar-refractivity contribution in [3.8, 4) is 0 Å². The molecule has 0 bridgehead atoms. The van der Waals surface area contributed by atoms with Gasteiger partial charge in [0, 0.05) is 6.92 Å². The SMILES string of the molecule is CC(=O)Nc1c(C(=O)O)cc(Cl)c(F)c1C(F)(F)F. The van der Waals surface area contributed by atoms with Crippen molar-refractivity contribution < 1.29 is 32.3 Å². The molecule has 0 heterocycles. The minimum atomic E-state index is -5.21. The summed E-state index contributed by atoms with van der Waals surface area (Å²) >= 11 is 5.23. The number of rotatable bonds is 2. The summed E-state index contributed by atoms with van der Waals surface area (Å²) in [5, 5.41) is 9.44. The zero-order valence-corrected chi connectivity index (χ0v) is 9.99. The molecule has 1 amide bonds. The van der Waals surface area contributed by atoms with Crippen molar-refractivity contribution in [3.05, 3.63) is 28.0 Å². The first-order valence-electron chi connectivity index (χ1n) is 4.65. The minimum absolute atomic E-state index is 0.500. The first-order valence-corrected chi connectivity index (χ1v) is 5.03. The highest BCUT2D eigenvalue weighted by atomic mass is 35.5. The van der Waals surface area contributed by atoms with Gasteiger partial charge in [-0.25, -0.2) is 9.18 Å². The van der Waals surface area contributed by atoms with E-state index in [0.717, 1.165) is 6.92 Å². The van der Waals surface area contributed by atoms with Crippen LogP contribution in [0.5, 0.6) is 0 Å². The van der Waals surface area contributed by atoms with Crippen LogP contribution in [-0.4, -0.2) is 17.0 Å². The van der Waals surface area contributed by atoms with Crippen LogP contribution >= 0.6 is 11.6 Å². The summed E-state index contributed by atoms with van der Waals surface area (Å²) in [5.74, 6) is -4.60. The molecular weight excluding hydrogens is 294 g/mol. The molecule has 2 N–H and O–H groups in total. The number of nitrogens with one attached hydrogen (secondary N) is 1. The van der Waals surface area contributed by atoms with Crippen LogP contribution in [0.3, 0.4) is 0 Å². The highest BCUT2D eigenvalue weighted by Gasteiger charge is 2.40. The summed E-state index contributed by atoms with van der Waals surface area (Å²) in [6, 6.07) is 0.500. The maximum Gasteiger partial charge on any atom is 0.421 e. The van der Waals surface area contributed by atoms with E-state index in [1.807, 2.05) is 0 Å². The van der Waals surface area contributed by atoms with Crippen LogP contribution in [-0.2, 0) is 11.0 Å². The normalized spacial score (nSPS) is 11.3. The van der Waals surface area contributed by atoms with Gasteiger partial charge in [-0.15, -0.1) is 0 Å². The molecule has 0 saturated heterocycles. The lowest BCUT2D eigenvalue weighted by atomic mass is 10.1. The molecule has 0 aliphatic carbocycles. The molecule has 1 rings (SSSR count). The lowest BCUT2D eigenvalue weighted by Crippen LogP contribution is -2.19. The van der Waals surface area contributed by atoms with Gasteiger partial charge in [0.2, 0.25) is 5.91 Å². The standard InChI is InChI=1S/C10H6ClF4NO3/c1-3(17)16-8-4(9(18)19)2-5(11)7(12)6(8)10(13,14)15/h2H,1H3,(H,16,17)(H,18,19). The number of alkyl halides is 3. The number of carbonyl (C=O) groups is 2. The maximum atomic E-state index is 13.5. The Hall–Kier alpha value is -1.83. The van der Waals surface area contributed by atoms with Crippen LogP contribution in [0.15, 0.2) is 6.07 Å². The van der Waals surface area contributed by atoms with E-state index in [4.69, 9.17) is 16.7 Å². The van der Waals surface area contributed by atoms with E-state index in [-0.39, 0.29) is 0 Å². The second-order valence-corrected chi connectivity index (χ2v) is 3.86. The molecule has 0 aromatic heterocycles. The average Bonchev–Trinajstić information content (AvgIpc) is 2.19. The van der Waals surface area contributed by atoms with E-state index in [1.54, 1.807) is 5.32 Å². The van der Waals surface area contributed by atoms with Gasteiger partial charge in [-0.3, -0.25) is 4.79 Å². The third-order valence-electron chi connectivity index (χ3n) is 2.03. The van der Waals surface area contributed by atoms with Crippen LogP contribution in [0, 0.1) is 5.82 Å². The molecule has 1 aromatic carbocycles. The lowest BCUT2D eigenvalue weighted by molar-refractivity contribution is -0.139. The number of benzene rings is 1. The molecule has 1 aromatic rings. The molecule has 0 fully saturated rings. The molecule has 0 spiro atoms. The fourth-order valence-electron chi connectivity index (χ4n) is 1.37. The second-order valence-electron chi connectivity index (χ2n) is 3.45. The molecule has 0 unspecified atom stereocenters. The molecule has 9 heteroatoms. The number of carboxylic acid groups (broad SMARTS) is 1. The highest BCUT2D eigenvalue weighted by molar-refractivity contribution is 6.31. The molecule has 0 saturated carbocycles. The Kier molecular flexibility index (Phi) is 4.04. The Labute approximate surface area is 109 Å². The maximum absolute atomic E-state index is 13.5. The van der Waals surface area contributed by atoms with Crippen molar-refractivity contribution >= 4 is 29.2 Å². The largest absolute Gasteiger partial charge is 0.478 e. The Morgan fingerprint density at radius 3 is 2.26 bits per heavy atom. The number of anilines is 1. The Morgan fingerprint density at radius 1 is 1.37 bits per heavy atom. The number of amides is 1. The Balaban J connectivity index is 3.74. The quantitative estimate of drug-likeness (QED) is 0.824. The monoisotopic (exact) mass is 299 g/mol. The minimum Gasteiger partial charge on any atom is -0.478 e. The summed E-state index contributed by atoms with van der Waals surface area (Å²) < 4.78 is 51.7. The van der Waals surface area contributed by atoms with Gasteiger partial charge >= 0.3 is 12.1 Å². The van der Waals surface area contributed by atoms with Gasteiger partial charge in [-0.05, 0) is 6.07 Å². The van der Waals surface area contributed by atoms with Crippen molar-refractivity contribution in [1.82, 2.24) is 0 Å². The Morgan fingerprint density at radius 2 is 1.89 bits per heavy atom. The molecule has 4 nitrogen and oxygen atoms in total. The van der Waals surface area contributed by atoms with Crippen molar-refractivity contribution in [2.24, 2.45) is 0 Å². The van der Waals surface area contributed by atoms with Crippen LogP contribution in [0.25, 0.3) is 0 Å². The molecule has 104 valence electrons. The summed E-state index contributed by atoms with van der Waals surface area (Å²) in [6.07, 6.45) is -5.21. The average molecular weight is 300 g/mol. The number of hydrogen-bond donors (Lipinski definition) is 2. The fraction of sp³-hybridized carbons (Fsp3) is 0.200. The third kappa shape index (κ3) is 3.14. The predicted molar refractivity (Wildman–Crippen MR) is 57.7 cm³/mol. The van der Waals surface area contributed by atoms with Gasteiger partial charge in [-0.2, -0.15) is 13.2 Å². The molecule has 19 heavy (non-hydrogen) atoms. The van der Waals surface area contributed by atoms with Crippen LogP contribution in [0.1, 0.15) is 22.8 Å². The Bertz CT molecular complexity index is 557.